The average molecular weight is 303 g/mol. The maximum absolute atomic E-state index is 12.0. The lowest BCUT2D eigenvalue weighted by Crippen LogP contribution is -2.14. The van der Waals surface area contributed by atoms with Crippen molar-refractivity contribution in [2.24, 2.45) is 0 Å². The second kappa shape index (κ2) is 7.04. The van der Waals surface area contributed by atoms with Crippen LogP contribution in [0.4, 0.5) is 5.69 Å². The summed E-state index contributed by atoms with van der Waals surface area (Å²) in [5, 5.41) is 12.5. The Balaban J connectivity index is 1.96. The van der Waals surface area contributed by atoms with Gasteiger partial charge in [0.1, 0.15) is 11.5 Å². The summed E-state index contributed by atoms with van der Waals surface area (Å²) in [4.78, 5) is 12.9. The highest BCUT2D eigenvalue weighted by molar-refractivity contribution is 8.00. The molecule has 5 heteroatoms. The van der Waals surface area contributed by atoms with Crippen molar-refractivity contribution in [3.8, 4) is 11.5 Å². The van der Waals surface area contributed by atoms with Crippen molar-refractivity contribution in [2.45, 2.75) is 11.8 Å². The zero-order valence-electron chi connectivity index (χ0n) is 11.9. The first-order valence-corrected chi connectivity index (χ1v) is 7.44. The number of thioether (sulfide) groups is 1. The number of hydrogen-bond acceptors (Lipinski definition) is 4. The van der Waals surface area contributed by atoms with Gasteiger partial charge in [-0.25, -0.2) is 0 Å². The number of amides is 1. The number of anilines is 1. The number of hydrogen-bond donors (Lipinski definition) is 2. The third kappa shape index (κ3) is 4.16. The Morgan fingerprint density at radius 3 is 2.76 bits per heavy atom. The van der Waals surface area contributed by atoms with Crippen LogP contribution in [0.2, 0.25) is 0 Å². The Hall–Kier alpha value is -2.14. The minimum Gasteiger partial charge on any atom is -0.506 e. The zero-order chi connectivity index (χ0) is 15.2. The van der Waals surface area contributed by atoms with Crippen LogP contribution in [-0.2, 0) is 4.79 Å². The van der Waals surface area contributed by atoms with Crippen molar-refractivity contribution in [1.29, 1.82) is 0 Å². The molecule has 0 aliphatic carbocycles. The highest BCUT2D eigenvalue weighted by atomic mass is 32.2. The van der Waals surface area contributed by atoms with Crippen LogP contribution in [0.1, 0.15) is 5.56 Å². The van der Waals surface area contributed by atoms with Crippen LogP contribution < -0.4 is 10.1 Å². The van der Waals surface area contributed by atoms with E-state index in [2.05, 4.69) is 5.32 Å². The van der Waals surface area contributed by atoms with Crippen LogP contribution in [0.3, 0.4) is 0 Å². The first kappa shape index (κ1) is 15.3. The average Bonchev–Trinajstić information content (AvgIpc) is 2.49. The molecule has 2 N–H and O–H groups in total. The molecule has 0 fully saturated rings. The third-order valence-electron chi connectivity index (χ3n) is 2.93. The number of para-hydroxylation sites is 1. The second-order valence-corrected chi connectivity index (χ2v) is 5.53. The number of phenols is 1. The molecule has 0 spiro atoms. The minimum absolute atomic E-state index is 0.0785. The van der Waals surface area contributed by atoms with Gasteiger partial charge in [0.15, 0.2) is 0 Å². The molecule has 2 aromatic carbocycles. The van der Waals surface area contributed by atoms with Crippen molar-refractivity contribution < 1.29 is 14.6 Å². The zero-order valence-corrected chi connectivity index (χ0v) is 12.7. The van der Waals surface area contributed by atoms with Crippen molar-refractivity contribution in [2.75, 3.05) is 18.2 Å². The molecule has 0 aliphatic heterocycles. The number of phenolic OH excluding ortho intramolecular Hbond substituents is 1. The molecular formula is C16H17NO3S. The van der Waals surface area contributed by atoms with E-state index in [4.69, 9.17) is 4.74 Å². The topological polar surface area (TPSA) is 58.6 Å². The summed E-state index contributed by atoms with van der Waals surface area (Å²) in [5.74, 6) is 0.945. The summed E-state index contributed by atoms with van der Waals surface area (Å²) in [6, 6.07) is 12.7. The molecule has 0 heterocycles. The number of aromatic hydroxyl groups is 1. The maximum atomic E-state index is 12.0. The number of rotatable bonds is 5. The molecule has 0 aromatic heterocycles. The largest absolute Gasteiger partial charge is 0.506 e. The van der Waals surface area contributed by atoms with Gasteiger partial charge in [-0.05, 0) is 36.8 Å². The van der Waals surface area contributed by atoms with E-state index in [0.717, 1.165) is 16.2 Å². The van der Waals surface area contributed by atoms with E-state index in [1.54, 1.807) is 19.2 Å². The van der Waals surface area contributed by atoms with Crippen LogP contribution in [0, 0.1) is 6.92 Å². The summed E-state index contributed by atoms with van der Waals surface area (Å²) in [6.45, 7) is 1.84. The van der Waals surface area contributed by atoms with Crippen molar-refractivity contribution in [1.82, 2.24) is 0 Å². The Labute approximate surface area is 128 Å². The Kier molecular flexibility index (Phi) is 5.11. The molecule has 0 radical (unpaired) electrons. The van der Waals surface area contributed by atoms with Gasteiger partial charge in [-0.1, -0.05) is 18.2 Å². The van der Waals surface area contributed by atoms with Crippen LogP contribution >= 0.6 is 11.8 Å². The summed E-state index contributed by atoms with van der Waals surface area (Å²) in [7, 11) is 1.61. The molecule has 2 aromatic rings. The molecule has 0 bridgehead atoms. The van der Waals surface area contributed by atoms with Crippen molar-refractivity contribution in [3.05, 3.63) is 48.0 Å². The van der Waals surface area contributed by atoms with E-state index < -0.39 is 0 Å². The minimum atomic E-state index is -0.160. The Morgan fingerprint density at radius 1 is 1.29 bits per heavy atom. The number of aryl methyl sites for hydroxylation is 1. The summed E-state index contributed by atoms with van der Waals surface area (Å²) in [6.07, 6.45) is 0. The number of carbonyl (C=O) groups excluding carboxylic acids is 1. The predicted molar refractivity (Wildman–Crippen MR) is 85.2 cm³/mol. The van der Waals surface area contributed by atoms with Gasteiger partial charge < -0.3 is 15.2 Å². The summed E-state index contributed by atoms with van der Waals surface area (Å²) < 4.78 is 5.14. The van der Waals surface area contributed by atoms with Crippen molar-refractivity contribution in [3.63, 3.8) is 0 Å². The number of nitrogens with one attached hydrogen (secondary N) is 1. The molecule has 2 rings (SSSR count). The van der Waals surface area contributed by atoms with E-state index in [1.165, 1.54) is 11.8 Å². The quantitative estimate of drug-likeness (QED) is 0.656. The molecule has 21 heavy (non-hydrogen) atoms. The molecular weight excluding hydrogens is 286 g/mol. The van der Waals surface area contributed by atoms with E-state index in [1.807, 2.05) is 37.3 Å². The third-order valence-corrected chi connectivity index (χ3v) is 3.92. The fraction of sp³-hybridized carbons (Fsp3) is 0.188. The lowest BCUT2D eigenvalue weighted by molar-refractivity contribution is -0.113. The van der Waals surface area contributed by atoms with Gasteiger partial charge in [-0.3, -0.25) is 4.79 Å². The Morgan fingerprint density at radius 2 is 2.05 bits per heavy atom. The first-order valence-electron chi connectivity index (χ1n) is 6.45. The number of methoxy groups -OCH3 is 1. The predicted octanol–water partition coefficient (Wildman–Crippen LogP) is 3.44. The van der Waals surface area contributed by atoms with Gasteiger partial charge in [-0.15, -0.1) is 11.8 Å². The molecule has 110 valence electrons. The molecule has 4 nitrogen and oxygen atoms in total. The molecule has 1 amide bonds. The molecule has 0 aliphatic rings. The van der Waals surface area contributed by atoms with Gasteiger partial charge in [0.2, 0.25) is 5.91 Å². The molecule has 0 saturated heterocycles. The van der Waals surface area contributed by atoms with Gasteiger partial charge in [-0.2, -0.15) is 0 Å². The van der Waals surface area contributed by atoms with E-state index in [0.29, 0.717) is 5.69 Å². The fourth-order valence-corrected chi connectivity index (χ4v) is 2.57. The van der Waals surface area contributed by atoms with Crippen LogP contribution in [0.5, 0.6) is 11.5 Å². The van der Waals surface area contributed by atoms with Gasteiger partial charge in [0.25, 0.3) is 0 Å². The monoisotopic (exact) mass is 303 g/mol. The second-order valence-electron chi connectivity index (χ2n) is 4.48. The van der Waals surface area contributed by atoms with Gasteiger partial charge in [0.05, 0.1) is 18.6 Å². The number of benzene rings is 2. The number of ether oxygens (including phenoxy) is 1. The molecule has 0 saturated carbocycles. The first-order chi connectivity index (χ1) is 10.1. The standard InChI is InChI=1S/C16H17NO3S/c1-11-5-3-8-14(18)16(11)17-15(19)10-21-13-7-4-6-12(9-13)20-2/h3-9,18H,10H2,1-2H3,(H,17,19). The molecule has 0 atom stereocenters. The highest BCUT2D eigenvalue weighted by Crippen LogP contribution is 2.27. The number of carbonyl (C=O) groups is 1. The maximum Gasteiger partial charge on any atom is 0.234 e. The van der Waals surface area contributed by atoms with E-state index in [-0.39, 0.29) is 17.4 Å². The van der Waals surface area contributed by atoms with Crippen molar-refractivity contribution >= 4 is 23.4 Å². The lowest BCUT2D eigenvalue weighted by Gasteiger charge is -2.10. The summed E-state index contributed by atoms with van der Waals surface area (Å²) >= 11 is 1.42. The SMILES string of the molecule is COc1cccc(SCC(=O)Nc2c(C)cccc2O)c1. The highest BCUT2D eigenvalue weighted by Gasteiger charge is 2.09. The molecule has 0 unspecified atom stereocenters. The lowest BCUT2D eigenvalue weighted by atomic mass is 10.2. The van der Waals surface area contributed by atoms with E-state index >= 15 is 0 Å². The fourth-order valence-electron chi connectivity index (χ4n) is 1.83. The summed E-state index contributed by atoms with van der Waals surface area (Å²) in [5.41, 5.74) is 1.29. The van der Waals surface area contributed by atoms with E-state index in [9.17, 15) is 9.90 Å². The van der Waals surface area contributed by atoms with Crippen LogP contribution in [0.15, 0.2) is 47.4 Å². The smallest absolute Gasteiger partial charge is 0.234 e. The van der Waals surface area contributed by atoms with Gasteiger partial charge in [0, 0.05) is 4.90 Å². The Bertz CT molecular complexity index is 623. The normalized spacial score (nSPS) is 10.2. The van der Waals surface area contributed by atoms with Crippen LogP contribution in [0.25, 0.3) is 0 Å². The van der Waals surface area contributed by atoms with Crippen LogP contribution in [-0.4, -0.2) is 23.9 Å². The van der Waals surface area contributed by atoms with Gasteiger partial charge >= 0.3 is 0 Å².